The highest BCUT2D eigenvalue weighted by atomic mass is 32.1. The van der Waals surface area contributed by atoms with Crippen LogP contribution in [0.2, 0.25) is 0 Å². The third-order valence-electron chi connectivity index (χ3n) is 4.04. The highest BCUT2D eigenvalue weighted by Crippen LogP contribution is 2.38. The number of hydrogen-bond donors (Lipinski definition) is 1. The second-order valence-electron chi connectivity index (χ2n) is 6.00. The van der Waals surface area contributed by atoms with E-state index in [2.05, 4.69) is 15.3 Å². The minimum absolute atomic E-state index is 0.0959. The monoisotopic (exact) mass is 412 g/mol. The van der Waals surface area contributed by atoms with Crippen LogP contribution in [0.3, 0.4) is 0 Å². The van der Waals surface area contributed by atoms with Gasteiger partial charge in [-0.15, -0.1) is 0 Å². The van der Waals surface area contributed by atoms with Crippen LogP contribution in [0.5, 0.6) is 17.2 Å². The van der Waals surface area contributed by atoms with Crippen LogP contribution in [0.15, 0.2) is 52.4 Å². The number of ether oxygens (including phenoxy) is 3. The summed E-state index contributed by atoms with van der Waals surface area (Å²) in [4.78, 5) is 12.2. The van der Waals surface area contributed by atoms with Gasteiger partial charge in [-0.05, 0) is 36.8 Å². The zero-order valence-corrected chi connectivity index (χ0v) is 17.0. The van der Waals surface area contributed by atoms with Gasteiger partial charge in [0.2, 0.25) is 10.5 Å². The van der Waals surface area contributed by atoms with E-state index in [1.54, 1.807) is 19.1 Å². The van der Waals surface area contributed by atoms with Crippen molar-refractivity contribution in [3.05, 3.63) is 74.4 Å². The van der Waals surface area contributed by atoms with Crippen molar-refractivity contribution in [3.8, 4) is 17.2 Å². The van der Waals surface area contributed by atoms with Crippen molar-refractivity contribution in [2.24, 2.45) is 5.10 Å². The lowest BCUT2D eigenvalue weighted by Gasteiger charge is -2.15. The standard InChI is InChI=1S/C20H20N4O4S/c1-13-19(25)24(20(29)23-22-13)21-11-15-9-16(26-2)18(17(10-15)27-3)28-12-14-7-5-4-6-8-14/h4-11H,12H2,1-3H3,(H,23,29)/b21-11-. The molecule has 0 spiro atoms. The molecule has 0 aliphatic carbocycles. The van der Waals surface area contributed by atoms with E-state index in [1.807, 2.05) is 30.3 Å². The first-order valence-corrected chi connectivity index (χ1v) is 9.09. The van der Waals surface area contributed by atoms with Crippen molar-refractivity contribution < 1.29 is 14.2 Å². The van der Waals surface area contributed by atoms with E-state index in [-0.39, 0.29) is 10.5 Å². The molecule has 1 N–H and O–H groups in total. The van der Waals surface area contributed by atoms with E-state index < -0.39 is 5.56 Å². The molecule has 0 radical (unpaired) electrons. The number of benzene rings is 2. The van der Waals surface area contributed by atoms with Gasteiger partial charge in [-0.1, -0.05) is 30.3 Å². The Bertz CT molecular complexity index is 1110. The van der Waals surface area contributed by atoms with Crippen molar-refractivity contribution in [1.82, 2.24) is 14.9 Å². The van der Waals surface area contributed by atoms with Crippen LogP contribution < -0.4 is 19.8 Å². The molecule has 1 aromatic heterocycles. The summed E-state index contributed by atoms with van der Waals surface area (Å²) in [5.74, 6) is 1.43. The van der Waals surface area contributed by atoms with Crippen LogP contribution in [0.4, 0.5) is 0 Å². The first kappa shape index (κ1) is 20.3. The molecule has 0 fully saturated rings. The maximum atomic E-state index is 12.2. The topological polar surface area (TPSA) is 90.7 Å². The number of aromatic nitrogens is 3. The third kappa shape index (κ3) is 4.69. The lowest BCUT2D eigenvalue weighted by Crippen LogP contribution is -2.22. The van der Waals surface area contributed by atoms with Crippen molar-refractivity contribution in [2.75, 3.05) is 14.2 Å². The number of hydrogen-bond acceptors (Lipinski definition) is 7. The molecular formula is C20H20N4O4S. The van der Waals surface area contributed by atoms with E-state index in [0.717, 1.165) is 10.2 Å². The van der Waals surface area contributed by atoms with Gasteiger partial charge in [-0.3, -0.25) is 9.89 Å². The van der Waals surface area contributed by atoms with E-state index in [1.165, 1.54) is 20.4 Å². The molecule has 1 heterocycles. The summed E-state index contributed by atoms with van der Waals surface area (Å²) in [6.45, 7) is 1.94. The van der Waals surface area contributed by atoms with Gasteiger partial charge < -0.3 is 14.2 Å². The number of rotatable bonds is 7. The number of aromatic amines is 1. The summed E-state index contributed by atoms with van der Waals surface area (Å²) in [6, 6.07) is 13.2. The van der Waals surface area contributed by atoms with E-state index in [9.17, 15) is 4.79 Å². The fraction of sp³-hybridized carbons (Fsp3) is 0.200. The number of nitrogens with one attached hydrogen (secondary N) is 1. The molecule has 0 amide bonds. The largest absolute Gasteiger partial charge is 0.493 e. The second-order valence-corrected chi connectivity index (χ2v) is 6.39. The molecule has 0 saturated heterocycles. The molecule has 3 aromatic rings. The molecule has 3 rings (SSSR count). The summed E-state index contributed by atoms with van der Waals surface area (Å²) >= 11 is 5.08. The molecule has 0 bridgehead atoms. The van der Waals surface area contributed by atoms with E-state index >= 15 is 0 Å². The third-order valence-corrected chi connectivity index (χ3v) is 4.31. The number of aryl methyl sites for hydroxylation is 1. The van der Waals surface area contributed by atoms with Gasteiger partial charge in [0.25, 0.3) is 5.56 Å². The predicted molar refractivity (Wildman–Crippen MR) is 112 cm³/mol. The molecule has 9 heteroatoms. The predicted octanol–water partition coefficient (Wildman–Crippen LogP) is 3.09. The van der Waals surface area contributed by atoms with Crippen LogP contribution in [-0.4, -0.2) is 35.3 Å². The summed E-state index contributed by atoms with van der Waals surface area (Å²) < 4.78 is 18.0. The van der Waals surface area contributed by atoms with Crippen LogP contribution in [0.25, 0.3) is 0 Å². The Morgan fingerprint density at radius 1 is 1.17 bits per heavy atom. The molecule has 150 valence electrons. The van der Waals surface area contributed by atoms with Gasteiger partial charge in [0.1, 0.15) is 12.3 Å². The van der Waals surface area contributed by atoms with Crippen LogP contribution in [0.1, 0.15) is 16.8 Å². The first-order chi connectivity index (χ1) is 14.0. The summed E-state index contributed by atoms with van der Waals surface area (Å²) in [5.41, 5.74) is 1.52. The number of nitrogens with zero attached hydrogens (tertiary/aromatic N) is 3. The van der Waals surface area contributed by atoms with Crippen molar-refractivity contribution in [3.63, 3.8) is 0 Å². The van der Waals surface area contributed by atoms with Gasteiger partial charge in [0, 0.05) is 5.56 Å². The Labute approximate surface area is 172 Å². The second kappa shape index (κ2) is 9.16. The Kier molecular flexibility index (Phi) is 6.40. The average Bonchev–Trinajstić information content (AvgIpc) is 2.75. The molecule has 0 unspecified atom stereocenters. The maximum absolute atomic E-state index is 12.2. The normalized spacial score (nSPS) is 10.9. The first-order valence-electron chi connectivity index (χ1n) is 8.69. The Balaban J connectivity index is 1.93. The Morgan fingerprint density at radius 3 is 2.45 bits per heavy atom. The zero-order chi connectivity index (χ0) is 20.8. The minimum atomic E-state index is -0.397. The van der Waals surface area contributed by atoms with Gasteiger partial charge in [-0.25, -0.2) is 0 Å². The fourth-order valence-electron chi connectivity index (χ4n) is 2.55. The van der Waals surface area contributed by atoms with E-state index in [4.69, 9.17) is 26.4 Å². The molecule has 8 nitrogen and oxygen atoms in total. The van der Waals surface area contributed by atoms with Crippen molar-refractivity contribution in [2.45, 2.75) is 13.5 Å². The Hall–Kier alpha value is -3.46. The van der Waals surface area contributed by atoms with Crippen LogP contribution in [0, 0.1) is 11.7 Å². The SMILES string of the molecule is COc1cc(/C=N\n2c(=S)[nH]nc(C)c2=O)cc(OC)c1OCc1ccccc1. The minimum Gasteiger partial charge on any atom is -0.493 e. The maximum Gasteiger partial charge on any atom is 0.296 e. The van der Waals surface area contributed by atoms with Crippen LogP contribution in [-0.2, 0) is 6.61 Å². The smallest absolute Gasteiger partial charge is 0.296 e. The zero-order valence-electron chi connectivity index (χ0n) is 16.2. The molecule has 2 aromatic carbocycles. The highest BCUT2D eigenvalue weighted by Gasteiger charge is 2.14. The molecule has 0 saturated carbocycles. The summed E-state index contributed by atoms with van der Waals surface area (Å²) in [6.07, 6.45) is 1.48. The van der Waals surface area contributed by atoms with E-state index in [0.29, 0.717) is 29.4 Å². The van der Waals surface area contributed by atoms with Crippen molar-refractivity contribution in [1.29, 1.82) is 0 Å². The number of H-pyrrole nitrogens is 1. The van der Waals surface area contributed by atoms with Crippen molar-refractivity contribution >= 4 is 18.4 Å². The van der Waals surface area contributed by atoms with Gasteiger partial charge in [-0.2, -0.15) is 14.9 Å². The van der Waals surface area contributed by atoms with Gasteiger partial charge >= 0.3 is 0 Å². The molecule has 0 atom stereocenters. The average molecular weight is 412 g/mol. The molecule has 0 aliphatic heterocycles. The number of methoxy groups -OCH3 is 2. The molecule has 29 heavy (non-hydrogen) atoms. The summed E-state index contributed by atoms with van der Waals surface area (Å²) in [5, 5.41) is 10.6. The lowest BCUT2D eigenvalue weighted by molar-refractivity contribution is 0.266. The fourth-order valence-corrected chi connectivity index (χ4v) is 2.72. The molecular weight excluding hydrogens is 392 g/mol. The van der Waals surface area contributed by atoms with Gasteiger partial charge in [0.15, 0.2) is 11.5 Å². The quantitative estimate of drug-likeness (QED) is 0.474. The highest BCUT2D eigenvalue weighted by molar-refractivity contribution is 7.71. The van der Waals surface area contributed by atoms with Crippen LogP contribution >= 0.6 is 12.2 Å². The Morgan fingerprint density at radius 2 is 1.83 bits per heavy atom. The molecule has 0 aliphatic rings. The lowest BCUT2D eigenvalue weighted by atomic mass is 10.2. The summed E-state index contributed by atoms with van der Waals surface area (Å²) in [7, 11) is 3.08. The van der Waals surface area contributed by atoms with Gasteiger partial charge in [0.05, 0.1) is 20.4 Å².